The van der Waals surface area contributed by atoms with Crippen molar-refractivity contribution in [1.29, 1.82) is 5.26 Å². The average molecular weight is 1200 g/mol. The highest BCUT2D eigenvalue weighted by Crippen LogP contribution is 2.46. The summed E-state index contributed by atoms with van der Waals surface area (Å²) >= 11 is 12.6. The first-order chi connectivity index (χ1) is 38.9. The third kappa shape index (κ3) is 28.5. The van der Waals surface area contributed by atoms with Gasteiger partial charge in [-0.05, 0) is 71.2 Å². The zero-order valence-corrected chi connectivity index (χ0v) is 51.5. The number of rotatable bonds is 36. The number of amides is 4. The predicted octanol–water partition coefficient (Wildman–Crippen LogP) is 6.71. The number of nitrogens with zero attached hydrogens (tertiary/aromatic N) is 5. The van der Waals surface area contributed by atoms with Gasteiger partial charge in [-0.1, -0.05) is 80.9 Å². The van der Waals surface area contributed by atoms with Gasteiger partial charge in [0.05, 0.1) is 100 Å². The van der Waals surface area contributed by atoms with Crippen molar-refractivity contribution < 1.29 is 57.0 Å². The smallest absolute Gasteiger partial charge is 0.278 e. The van der Waals surface area contributed by atoms with Crippen molar-refractivity contribution in [2.24, 2.45) is 7.05 Å². The zero-order chi connectivity index (χ0) is 60.7. The summed E-state index contributed by atoms with van der Waals surface area (Å²) in [5.41, 5.74) is 1.25. The van der Waals surface area contributed by atoms with Crippen LogP contribution >= 0.6 is 31.7 Å². The van der Waals surface area contributed by atoms with Crippen LogP contribution in [0.15, 0.2) is 82.0 Å². The number of hydrogen-bond donors (Lipinski definition) is 5. The van der Waals surface area contributed by atoms with E-state index in [1.165, 1.54) is 37.0 Å². The van der Waals surface area contributed by atoms with Crippen LogP contribution in [0.3, 0.4) is 0 Å². The molecular formula is C56H88Cl2N9O13P. The molecule has 1 aromatic heterocycles. The van der Waals surface area contributed by atoms with Crippen molar-refractivity contribution in [2.45, 2.75) is 125 Å². The summed E-state index contributed by atoms with van der Waals surface area (Å²) in [6.45, 7) is 24.4. The number of allylic oxidation sites excluding steroid dienone is 2. The summed E-state index contributed by atoms with van der Waals surface area (Å²) in [5, 5.41) is 33.0. The molecule has 3 rings (SSSR count). The van der Waals surface area contributed by atoms with Gasteiger partial charge in [-0.15, -0.1) is 0 Å². The number of ether oxygens (including phenoxy) is 5. The molecule has 1 fully saturated rings. The minimum Gasteiger partial charge on any atom is -0.489 e. The quantitative estimate of drug-likeness (QED) is 0.0205. The van der Waals surface area contributed by atoms with E-state index >= 15 is 0 Å². The highest BCUT2D eigenvalue weighted by atomic mass is 35.5. The molecular weight excluding hydrogens is 1110 g/mol. The maximum atomic E-state index is 13.2. The number of aliphatic hydroxyl groups excluding tert-OH is 1. The number of nitrogens with one attached hydrogen (secondary N) is 4. The van der Waals surface area contributed by atoms with E-state index < -0.39 is 26.4 Å². The van der Waals surface area contributed by atoms with Crippen LogP contribution in [0, 0.1) is 11.3 Å². The summed E-state index contributed by atoms with van der Waals surface area (Å²) in [5.74, 6) is -1.12. The lowest BCUT2D eigenvalue weighted by Gasteiger charge is -2.36. The summed E-state index contributed by atoms with van der Waals surface area (Å²) in [6.07, 6.45) is 9.94. The standard InChI is InChI=1S/C34H47Cl2N5O9.C20H35N4O4P.C2H6/c1-5-26(35)31(27(36)6-2)33(45)40-28(32(44)38-11-13-42)21-24-7-9-25(10-8-24)30-29(22-39-41(4)34(30)46)50-20-19-49-18-17-48-16-15-47-14-12-37-23(3)43;1-7-23(13-11-19(25)22-6)20-10-9-18(28-20)15-27-29(26-14-8-12-21)24(16(2)3)17(4)5;1-2/h5,7-10,22,28,42H,6,11-21H2,1-4H3,(H,37,43)(H,38,44)(H,40,45);7,11,13,16-18,20H,1,8-10,14-15H2,2-6H3,(H,22,25);1-2H3/b26-5+,31-27-;13-11-;. The summed E-state index contributed by atoms with van der Waals surface area (Å²) in [6, 6.07) is 8.51. The van der Waals surface area contributed by atoms with Gasteiger partial charge in [0.1, 0.15) is 18.9 Å². The molecule has 1 aliphatic rings. The Bertz CT molecular complexity index is 2380. The molecule has 0 aliphatic carbocycles. The van der Waals surface area contributed by atoms with E-state index in [-0.39, 0.29) is 96.0 Å². The molecule has 2 aromatic rings. The first-order valence-electron chi connectivity index (χ1n) is 27.2. The molecule has 81 heavy (non-hydrogen) atoms. The highest BCUT2D eigenvalue weighted by Gasteiger charge is 2.32. The lowest BCUT2D eigenvalue weighted by Crippen LogP contribution is -2.49. The number of carbonyl (C=O) groups is 4. The largest absolute Gasteiger partial charge is 0.489 e. The Morgan fingerprint density at radius 3 is 2.15 bits per heavy atom. The van der Waals surface area contributed by atoms with Crippen LogP contribution < -0.4 is 31.6 Å². The Morgan fingerprint density at radius 2 is 1.59 bits per heavy atom. The lowest BCUT2D eigenvalue weighted by atomic mass is 10.00. The van der Waals surface area contributed by atoms with Gasteiger partial charge in [-0.2, -0.15) is 10.4 Å². The summed E-state index contributed by atoms with van der Waals surface area (Å²) in [4.78, 5) is 63.4. The second-order valence-corrected chi connectivity index (χ2v) is 20.2. The Labute approximate surface area is 490 Å². The second kappa shape index (κ2) is 43.4. The van der Waals surface area contributed by atoms with Gasteiger partial charge < -0.3 is 64.0 Å². The number of aliphatic hydroxyl groups is 1. The molecule has 0 saturated carbocycles. The van der Waals surface area contributed by atoms with Crippen molar-refractivity contribution in [3.05, 3.63) is 93.1 Å². The van der Waals surface area contributed by atoms with Crippen molar-refractivity contribution in [3.63, 3.8) is 0 Å². The molecule has 1 aromatic carbocycles. The van der Waals surface area contributed by atoms with Crippen LogP contribution in [0.5, 0.6) is 5.75 Å². The van der Waals surface area contributed by atoms with Crippen molar-refractivity contribution in [3.8, 4) is 22.9 Å². The van der Waals surface area contributed by atoms with E-state index in [1.54, 1.807) is 62.5 Å². The van der Waals surface area contributed by atoms with Gasteiger partial charge in [0.25, 0.3) is 20.0 Å². The van der Waals surface area contributed by atoms with Crippen LogP contribution in [0.4, 0.5) is 0 Å². The number of halogens is 2. The number of aryl methyl sites for hydroxylation is 1. The van der Waals surface area contributed by atoms with Gasteiger partial charge in [0.2, 0.25) is 17.7 Å². The van der Waals surface area contributed by atoms with E-state index in [1.807, 2.05) is 13.8 Å². The van der Waals surface area contributed by atoms with Crippen molar-refractivity contribution >= 4 is 55.4 Å². The fraction of sp³-hybridized carbons (Fsp3) is 0.589. The molecule has 0 bridgehead atoms. The highest BCUT2D eigenvalue weighted by molar-refractivity contribution is 7.44. The number of hydrogen-bond acceptors (Lipinski definition) is 17. The van der Waals surface area contributed by atoms with Crippen LogP contribution in [-0.2, 0) is 60.6 Å². The van der Waals surface area contributed by atoms with Gasteiger partial charge >= 0.3 is 0 Å². The Morgan fingerprint density at radius 1 is 0.963 bits per heavy atom. The van der Waals surface area contributed by atoms with E-state index in [4.69, 9.17) is 61.2 Å². The van der Waals surface area contributed by atoms with Crippen LogP contribution in [0.25, 0.3) is 11.1 Å². The lowest BCUT2D eigenvalue weighted by molar-refractivity contribution is -0.127. The average Bonchev–Trinajstić information content (AvgIpc) is 3.98. The van der Waals surface area contributed by atoms with Gasteiger partial charge in [-0.25, -0.2) is 9.35 Å². The fourth-order valence-corrected chi connectivity index (χ4v) is 9.49. The molecule has 4 amide bonds. The molecule has 4 unspecified atom stereocenters. The molecule has 1 saturated heterocycles. The van der Waals surface area contributed by atoms with Crippen LogP contribution in [-0.4, -0.2) is 165 Å². The maximum absolute atomic E-state index is 13.2. The number of aromatic nitrogens is 2. The third-order valence-electron chi connectivity index (χ3n) is 11.3. The van der Waals surface area contributed by atoms with E-state index in [2.05, 4.69) is 71.4 Å². The topological polar surface area (TPSA) is 266 Å². The van der Waals surface area contributed by atoms with Gasteiger partial charge in [0, 0.05) is 69.9 Å². The number of nitriles is 1. The maximum Gasteiger partial charge on any atom is 0.278 e. The number of benzene rings is 1. The SMILES string of the molecule is C/C=C(Cl)\C(C(=O)NC(Cc1ccc(-c2c(OCCOCCOCCOCCNC(C)=O)cnn(C)c2=O)cc1)C(=O)NCCO)=C(\Cl)CC.C=CN(/C=C\C(=O)NC)C1CCC(COP(OCCC#N)N(C(C)C)C(C)C)O1.CC. The first kappa shape index (κ1) is 73.7. The first-order valence-corrected chi connectivity index (χ1v) is 29.1. The number of carbonyl (C=O) groups excluding carboxylic acids is 4. The monoisotopic (exact) mass is 1200 g/mol. The van der Waals surface area contributed by atoms with Crippen LogP contribution in [0.1, 0.15) is 93.6 Å². The Kier molecular flexibility index (Phi) is 39.5. The molecule has 2 heterocycles. The van der Waals surface area contributed by atoms with Crippen molar-refractivity contribution in [1.82, 2.24) is 40.6 Å². The minimum atomic E-state index is -1.28. The molecule has 4 atom stereocenters. The molecule has 0 spiro atoms. The third-order valence-corrected chi connectivity index (χ3v) is 14.2. The van der Waals surface area contributed by atoms with Gasteiger partial charge in [0.15, 0.2) is 5.75 Å². The fourth-order valence-electron chi connectivity index (χ4n) is 7.42. The predicted molar refractivity (Wildman–Crippen MR) is 316 cm³/mol. The van der Waals surface area contributed by atoms with Crippen LogP contribution in [0.2, 0.25) is 0 Å². The molecule has 25 heteroatoms. The number of likely N-dealkylation sites (N-methyl/N-ethyl adjacent to an activating group) is 1. The second-order valence-electron chi connectivity index (χ2n) is 17.9. The molecule has 0 radical (unpaired) electrons. The summed E-state index contributed by atoms with van der Waals surface area (Å²) < 4.78 is 43.8. The molecule has 22 nitrogen and oxygen atoms in total. The Balaban J connectivity index is 0.000000897. The zero-order valence-electron chi connectivity index (χ0n) is 49.1. The summed E-state index contributed by atoms with van der Waals surface area (Å²) in [7, 11) is 1.84. The Hall–Kier alpha value is -5.28. The molecule has 454 valence electrons. The van der Waals surface area contributed by atoms with E-state index in [0.717, 1.165) is 12.8 Å². The molecule has 1 aliphatic heterocycles. The van der Waals surface area contributed by atoms with Gasteiger partial charge in [-0.3, -0.25) is 24.0 Å². The normalized spacial score (nSPS) is 15.1. The van der Waals surface area contributed by atoms with Crippen molar-refractivity contribution in [2.75, 3.05) is 86.2 Å². The minimum absolute atomic E-state index is 0.00354. The van der Waals surface area contributed by atoms with E-state index in [9.17, 15) is 29.1 Å². The van der Waals surface area contributed by atoms with E-state index in [0.29, 0.717) is 82.3 Å². The molecule has 5 N–H and O–H groups in total.